The molecule has 0 saturated heterocycles. The largest absolute Gasteiger partial charge is 0.483 e. The number of carbonyl (C=O) groups is 1. The molecule has 4 nitrogen and oxygen atoms in total. The fourth-order valence-corrected chi connectivity index (χ4v) is 2.16. The summed E-state index contributed by atoms with van der Waals surface area (Å²) in [6, 6.07) is 14.3. The average Bonchev–Trinajstić information content (AvgIpc) is 2.53. The molecule has 2 aromatic rings. The van der Waals surface area contributed by atoms with Crippen LogP contribution in [-0.4, -0.2) is 17.6 Å². The van der Waals surface area contributed by atoms with Crippen molar-refractivity contribution in [2.24, 2.45) is 0 Å². The van der Waals surface area contributed by atoms with Gasteiger partial charge in [0.05, 0.1) is 12.6 Å². The minimum atomic E-state index is -0.227. The van der Waals surface area contributed by atoms with Crippen LogP contribution in [0.2, 0.25) is 5.02 Å². The molecule has 2 N–H and O–H groups in total. The van der Waals surface area contributed by atoms with Gasteiger partial charge in [-0.1, -0.05) is 41.9 Å². The molecule has 2 aromatic carbocycles. The van der Waals surface area contributed by atoms with Gasteiger partial charge < -0.3 is 15.2 Å². The lowest BCUT2D eigenvalue weighted by Crippen LogP contribution is -2.31. The van der Waals surface area contributed by atoms with Gasteiger partial charge in [-0.3, -0.25) is 4.79 Å². The zero-order valence-electron chi connectivity index (χ0n) is 12.3. The van der Waals surface area contributed by atoms with Gasteiger partial charge in [0.15, 0.2) is 6.61 Å². The molecule has 0 bridgehead atoms. The van der Waals surface area contributed by atoms with E-state index < -0.39 is 0 Å². The molecule has 0 radical (unpaired) electrons. The number of ether oxygens (including phenoxy) is 1. The van der Waals surface area contributed by atoms with Crippen LogP contribution in [0.25, 0.3) is 0 Å². The fraction of sp³-hybridized carbons (Fsp3) is 0.235. The average molecular weight is 320 g/mol. The Bertz CT molecular complexity index is 628. The summed E-state index contributed by atoms with van der Waals surface area (Å²) in [7, 11) is 0. The first-order valence-electron chi connectivity index (χ1n) is 6.96. The third kappa shape index (κ3) is 4.48. The van der Waals surface area contributed by atoms with Crippen LogP contribution in [0, 0.1) is 0 Å². The van der Waals surface area contributed by atoms with E-state index in [1.165, 1.54) is 0 Å². The highest BCUT2D eigenvalue weighted by atomic mass is 35.5. The van der Waals surface area contributed by atoms with Crippen LogP contribution < -0.4 is 10.1 Å². The van der Waals surface area contributed by atoms with Gasteiger partial charge in [-0.15, -0.1) is 0 Å². The van der Waals surface area contributed by atoms with E-state index in [0.29, 0.717) is 16.3 Å². The molecule has 1 atom stereocenters. The molecule has 0 aliphatic heterocycles. The molecule has 0 spiro atoms. The quantitative estimate of drug-likeness (QED) is 0.860. The van der Waals surface area contributed by atoms with E-state index in [1.807, 2.05) is 19.1 Å². The van der Waals surface area contributed by atoms with E-state index in [4.69, 9.17) is 16.3 Å². The number of benzene rings is 2. The number of para-hydroxylation sites is 1. The summed E-state index contributed by atoms with van der Waals surface area (Å²) in [6.07, 6.45) is 0. The third-order valence-electron chi connectivity index (χ3n) is 3.25. The number of aliphatic hydroxyl groups is 1. The first-order chi connectivity index (χ1) is 10.6. The van der Waals surface area contributed by atoms with Crippen molar-refractivity contribution in [3.05, 3.63) is 64.7 Å². The van der Waals surface area contributed by atoms with Crippen molar-refractivity contribution < 1.29 is 14.6 Å². The molecular formula is C17H18ClNO3. The number of aliphatic hydroxyl groups excluding tert-OH is 1. The molecule has 1 amide bonds. The maximum absolute atomic E-state index is 11.9. The fourth-order valence-electron chi connectivity index (χ4n) is 2.04. The van der Waals surface area contributed by atoms with Gasteiger partial charge in [0, 0.05) is 10.6 Å². The van der Waals surface area contributed by atoms with Crippen molar-refractivity contribution in [1.29, 1.82) is 0 Å². The minimum absolute atomic E-state index is 0.102. The monoisotopic (exact) mass is 319 g/mol. The summed E-state index contributed by atoms with van der Waals surface area (Å²) in [5, 5.41) is 12.7. The second kappa shape index (κ2) is 7.82. The Morgan fingerprint density at radius 1 is 1.23 bits per heavy atom. The maximum atomic E-state index is 11.9. The van der Waals surface area contributed by atoms with Gasteiger partial charge in [-0.05, 0) is 30.7 Å². The predicted octanol–water partition coefficient (Wildman–Crippen LogP) is 3.09. The Balaban J connectivity index is 1.88. The summed E-state index contributed by atoms with van der Waals surface area (Å²) in [5.74, 6) is 0.287. The topological polar surface area (TPSA) is 58.6 Å². The lowest BCUT2D eigenvalue weighted by atomic mass is 10.1. The Hall–Kier alpha value is -2.04. The Kier molecular flexibility index (Phi) is 5.81. The van der Waals surface area contributed by atoms with Crippen LogP contribution in [0.15, 0.2) is 48.5 Å². The molecule has 116 valence electrons. The second-order valence-corrected chi connectivity index (χ2v) is 5.33. The summed E-state index contributed by atoms with van der Waals surface area (Å²) in [6.45, 7) is 1.66. The molecule has 2 rings (SSSR count). The van der Waals surface area contributed by atoms with Crippen LogP contribution in [-0.2, 0) is 11.4 Å². The number of nitrogens with one attached hydrogen (secondary N) is 1. The van der Waals surface area contributed by atoms with Crippen LogP contribution >= 0.6 is 11.6 Å². The van der Waals surface area contributed by atoms with E-state index in [2.05, 4.69) is 5.32 Å². The van der Waals surface area contributed by atoms with Crippen molar-refractivity contribution in [2.45, 2.75) is 19.6 Å². The number of hydrogen-bond donors (Lipinski definition) is 2. The van der Waals surface area contributed by atoms with Gasteiger partial charge >= 0.3 is 0 Å². The number of carbonyl (C=O) groups excluding carboxylic acids is 1. The SMILES string of the molecule is CC(NC(=O)COc1ccccc1CO)c1ccc(Cl)cc1. The summed E-state index contributed by atoms with van der Waals surface area (Å²) in [4.78, 5) is 11.9. The van der Waals surface area contributed by atoms with E-state index >= 15 is 0 Å². The van der Waals surface area contributed by atoms with E-state index in [-0.39, 0.29) is 25.2 Å². The number of amides is 1. The smallest absolute Gasteiger partial charge is 0.258 e. The van der Waals surface area contributed by atoms with Crippen LogP contribution in [0.5, 0.6) is 5.75 Å². The summed E-state index contributed by atoms with van der Waals surface area (Å²) in [5.41, 5.74) is 1.62. The van der Waals surface area contributed by atoms with Gasteiger partial charge in [0.2, 0.25) is 0 Å². The zero-order chi connectivity index (χ0) is 15.9. The van der Waals surface area contributed by atoms with Crippen molar-refractivity contribution in [3.8, 4) is 5.75 Å². The number of halogens is 1. The van der Waals surface area contributed by atoms with Crippen molar-refractivity contribution in [3.63, 3.8) is 0 Å². The lowest BCUT2D eigenvalue weighted by Gasteiger charge is -2.15. The minimum Gasteiger partial charge on any atom is -0.483 e. The normalized spacial score (nSPS) is 11.8. The lowest BCUT2D eigenvalue weighted by molar-refractivity contribution is -0.123. The van der Waals surface area contributed by atoms with Gasteiger partial charge in [0.1, 0.15) is 5.75 Å². The molecule has 0 fully saturated rings. The highest BCUT2D eigenvalue weighted by molar-refractivity contribution is 6.30. The maximum Gasteiger partial charge on any atom is 0.258 e. The third-order valence-corrected chi connectivity index (χ3v) is 3.50. The first kappa shape index (κ1) is 16.3. The highest BCUT2D eigenvalue weighted by Crippen LogP contribution is 2.18. The molecule has 1 unspecified atom stereocenters. The molecule has 22 heavy (non-hydrogen) atoms. The Morgan fingerprint density at radius 3 is 2.59 bits per heavy atom. The summed E-state index contributed by atoms with van der Waals surface area (Å²) < 4.78 is 5.45. The molecule has 5 heteroatoms. The highest BCUT2D eigenvalue weighted by Gasteiger charge is 2.11. The molecular weight excluding hydrogens is 302 g/mol. The van der Waals surface area contributed by atoms with E-state index in [1.54, 1.807) is 36.4 Å². The first-order valence-corrected chi connectivity index (χ1v) is 7.34. The van der Waals surface area contributed by atoms with Gasteiger partial charge in [0.25, 0.3) is 5.91 Å². The predicted molar refractivity (Wildman–Crippen MR) is 85.9 cm³/mol. The molecule has 0 aliphatic carbocycles. The van der Waals surface area contributed by atoms with Crippen molar-refractivity contribution >= 4 is 17.5 Å². The van der Waals surface area contributed by atoms with E-state index in [9.17, 15) is 9.90 Å². The second-order valence-electron chi connectivity index (χ2n) is 4.90. The molecule has 0 aromatic heterocycles. The van der Waals surface area contributed by atoms with E-state index in [0.717, 1.165) is 5.56 Å². The van der Waals surface area contributed by atoms with Crippen molar-refractivity contribution in [1.82, 2.24) is 5.32 Å². The van der Waals surface area contributed by atoms with Crippen LogP contribution in [0.3, 0.4) is 0 Å². The summed E-state index contributed by atoms with van der Waals surface area (Å²) >= 11 is 5.84. The number of rotatable bonds is 6. The Morgan fingerprint density at radius 2 is 1.91 bits per heavy atom. The van der Waals surface area contributed by atoms with Gasteiger partial charge in [-0.25, -0.2) is 0 Å². The molecule has 0 aliphatic rings. The standard InChI is InChI=1S/C17H18ClNO3/c1-12(13-6-8-15(18)9-7-13)19-17(21)11-22-16-5-3-2-4-14(16)10-20/h2-9,12,20H,10-11H2,1H3,(H,19,21). The molecule has 0 heterocycles. The zero-order valence-corrected chi connectivity index (χ0v) is 13.0. The van der Waals surface area contributed by atoms with Crippen LogP contribution in [0.4, 0.5) is 0 Å². The molecule has 0 saturated carbocycles. The van der Waals surface area contributed by atoms with Crippen LogP contribution in [0.1, 0.15) is 24.1 Å². The Labute approximate surface area is 134 Å². The number of hydrogen-bond acceptors (Lipinski definition) is 3. The van der Waals surface area contributed by atoms with Gasteiger partial charge in [-0.2, -0.15) is 0 Å². The van der Waals surface area contributed by atoms with Crippen molar-refractivity contribution in [2.75, 3.05) is 6.61 Å².